The molecule has 0 amide bonds. The normalized spacial score (nSPS) is 23.4. The zero-order chi connectivity index (χ0) is 15.8. The van der Waals surface area contributed by atoms with Gasteiger partial charge < -0.3 is 5.73 Å². The molecular weight excluding hydrogens is 314 g/mol. The van der Waals surface area contributed by atoms with Gasteiger partial charge in [-0.25, -0.2) is 8.42 Å². The summed E-state index contributed by atoms with van der Waals surface area (Å²) in [5.41, 5.74) is 5.19. The van der Waals surface area contributed by atoms with Crippen LogP contribution in [0.2, 0.25) is 0 Å². The molecule has 0 radical (unpaired) electrons. The van der Waals surface area contributed by atoms with Crippen molar-refractivity contribution in [3.05, 3.63) is 16.2 Å². The average molecular weight is 333 g/mol. The lowest BCUT2D eigenvalue weighted by atomic mass is 9.86. The highest BCUT2D eigenvalue weighted by molar-refractivity contribution is 7.91. The van der Waals surface area contributed by atoms with Gasteiger partial charge in [-0.05, 0) is 18.8 Å². The van der Waals surface area contributed by atoms with Crippen molar-refractivity contribution >= 4 is 32.0 Å². The van der Waals surface area contributed by atoms with Gasteiger partial charge in [0.1, 0.15) is 4.21 Å². The van der Waals surface area contributed by atoms with Gasteiger partial charge in [0.2, 0.25) is 0 Å². The quantitative estimate of drug-likeness (QED) is 0.672. The molecule has 2 atom stereocenters. The zero-order valence-electron chi connectivity index (χ0n) is 12.0. The Bertz CT molecular complexity index is 641. The number of sulfonamides is 1. The van der Waals surface area contributed by atoms with E-state index >= 15 is 0 Å². The van der Waals surface area contributed by atoms with Crippen LogP contribution in [0.5, 0.6) is 0 Å². The summed E-state index contributed by atoms with van der Waals surface area (Å²) < 4.78 is 26.5. The van der Waals surface area contributed by atoms with Crippen molar-refractivity contribution in [1.82, 2.24) is 4.31 Å². The maximum Gasteiger partial charge on any atom is 0.304 e. The van der Waals surface area contributed by atoms with E-state index in [1.807, 2.05) is 6.92 Å². The summed E-state index contributed by atoms with van der Waals surface area (Å²) in [5.74, 6) is 0.283. The second-order valence-corrected chi connectivity index (χ2v) is 8.73. The van der Waals surface area contributed by atoms with E-state index in [9.17, 15) is 18.5 Å². The van der Waals surface area contributed by atoms with Gasteiger partial charge in [0.05, 0.1) is 4.92 Å². The minimum Gasteiger partial charge on any atom is -0.385 e. The number of nitrogens with two attached hydrogens (primary N) is 1. The van der Waals surface area contributed by atoms with Crippen molar-refractivity contribution in [2.24, 2.45) is 5.92 Å². The van der Waals surface area contributed by atoms with Crippen molar-refractivity contribution in [3.8, 4) is 0 Å². The van der Waals surface area contributed by atoms with Crippen LogP contribution in [0.15, 0.2) is 10.3 Å². The van der Waals surface area contributed by atoms with E-state index in [1.165, 1.54) is 4.31 Å². The van der Waals surface area contributed by atoms with E-state index in [2.05, 4.69) is 0 Å². The van der Waals surface area contributed by atoms with Gasteiger partial charge in [0, 0.05) is 19.2 Å². The van der Waals surface area contributed by atoms with Gasteiger partial charge >= 0.3 is 5.69 Å². The van der Waals surface area contributed by atoms with Crippen LogP contribution in [0.4, 0.5) is 10.7 Å². The van der Waals surface area contributed by atoms with E-state index in [4.69, 9.17) is 5.73 Å². The van der Waals surface area contributed by atoms with E-state index in [1.54, 1.807) is 7.05 Å². The largest absolute Gasteiger partial charge is 0.385 e. The molecule has 1 saturated carbocycles. The molecule has 2 unspecified atom stereocenters. The topological polar surface area (TPSA) is 107 Å². The van der Waals surface area contributed by atoms with Crippen LogP contribution in [-0.4, -0.2) is 30.7 Å². The highest BCUT2D eigenvalue weighted by Gasteiger charge is 2.35. The molecular formula is C12H19N3O4S2. The lowest BCUT2D eigenvalue weighted by molar-refractivity contribution is -0.383. The van der Waals surface area contributed by atoms with E-state index in [0.717, 1.165) is 43.1 Å². The average Bonchev–Trinajstić information content (AvgIpc) is 2.81. The molecule has 0 spiro atoms. The number of hydrogen-bond donors (Lipinski definition) is 1. The maximum atomic E-state index is 12.6. The predicted molar refractivity (Wildman–Crippen MR) is 81.8 cm³/mol. The second kappa shape index (κ2) is 5.90. The molecule has 9 heteroatoms. The van der Waals surface area contributed by atoms with Gasteiger partial charge in [-0.15, -0.1) is 0 Å². The van der Waals surface area contributed by atoms with Crippen molar-refractivity contribution < 1.29 is 13.3 Å². The minimum absolute atomic E-state index is 0.0630. The van der Waals surface area contributed by atoms with Gasteiger partial charge in [-0.3, -0.25) is 10.1 Å². The molecule has 1 aromatic rings. The fourth-order valence-corrected chi connectivity index (χ4v) is 5.68. The van der Waals surface area contributed by atoms with Crippen LogP contribution < -0.4 is 5.73 Å². The van der Waals surface area contributed by atoms with Crippen molar-refractivity contribution in [3.63, 3.8) is 0 Å². The number of nitrogen functional groups attached to an aromatic ring is 1. The first kappa shape index (κ1) is 16.2. The summed E-state index contributed by atoms with van der Waals surface area (Å²) in [6, 6.07) is 0.991. The van der Waals surface area contributed by atoms with Crippen molar-refractivity contribution in [1.29, 1.82) is 0 Å². The van der Waals surface area contributed by atoms with Crippen LogP contribution in [0, 0.1) is 16.0 Å². The van der Waals surface area contributed by atoms with Crippen LogP contribution >= 0.6 is 11.3 Å². The Kier molecular flexibility index (Phi) is 4.54. The molecule has 7 nitrogen and oxygen atoms in total. The molecule has 0 saturated heterocycles. The first-order valence-corrected chi connectivity index (χ1v) is 9.02. The van der Waals surface area contributed by atoms with Crippen molar-refractivity contribution in [2.45, 2.75) is 42.9 Å². The zero-order valence-corrected chi connectivity index (χ0v) is 13.6. The predicted octanol–water partition coefficient (Wildman–Crippen LogP) is 2.44. The number of thiophene rings is 1. The Morgan fingerprint density at radius 3 is 2.57 bits per heavy atom. The maximum absolute atomic E-state index is 12.6. The third-order valence-electron chi connectivity index (χ3n) is 4.08. The molecule has 21 heavy (non-hydrogen) atoms. The molecule has 0 aliphatic heterocycles. The van der Waals surface area contributed by atoms with Gasteiger partial charge in [0.25, 0.3) is 10.0 Å². The lowest BCUT2D eigenvalue weighted by Crippen LogP contribution is -2.42. The Morgan fingerprint density at radius 1 is 1.43 bits per heavy atom. The number of hydrogen-bond acceptors (Lipinski definition) is 6. The SMILES string of the molecule is CC1CCCCC1N(C)S(=O)(=O)c1cc([N+](=O)[O-])c(N)s1. The Hall–Kier alpha value is -1.19. The van der Waals surface area contributed by atoms with Crippen LogP contribution in [0.25, 0.3) is 0 Å². The number of nitro groups is 1. The number of rotatable bonds is 4. The lowest BCUT2D eigenvalue weighted by Gasteiger charge is -2.35. The molecule has 1 aliphatic carbocycles. The van der Waals surface area contributed by atoms with Crippen LogP contribution in [0.3, 0.4) is 0 Å². The van der Waals surface area contributed by atoms with Gasteiger partial charge in [-0.2, -0.15) is 4.31 Å². The third-order valence-corrected chi connectivity index (χ3v) is 7.37. The van der Waals surface area contributed by atoms with Crippen molar-refractivity contribution in [2.75, 3.05) is 12.8 Å². The highest BCUT2D eigenvalue weighted by Crippen LogP contribution is 2.37. The van der Waals surface area contributed by atoms with Gasteiger partial charge in [0.15, 0.2) is 5.00 Å². The molecule has 1 aliphatic rings. The van der Waals surface area contributed by atoms with Crippen LogP contribution in [0.1, 0.15) is 32.6 Å². The summed E-state index contributed by atoms with van der Waals surface area (Å²) in [4.78, 5) is 10.2. The molecule has 2 N–H and O–H groups in total. The fourth-order valence-electron chi connectivity index (χ4n) is 2.80. The summed E-state index contributed by atoms with van der Waals surface area (Å²) >= 11 is 0.750. The fraction of sp³-hybridized carbons (Fsp3) is 0.667. The molecule has 2 rings (SSSR count). The molecule has 118 valence electrons. The minimum atomic E-state index is -3.74. The third kappa shape index (κ3) is 3.04. The number of anilines is 1. The second-order valence-electron chi connectivity index (χ2n) is 5.42. The molecule has 1 heterocycles. The van der Waals surface area contributed by atoms with E-state index in [-0.39, 0.29) is 26.9 Å². The first-order chi connectivity index (χ1) is 9.75. The van der Waals surface area contributed by atoms with Gasteiger partial charge in [-0.1, -0.05) is 31.1 Å². The standard InChI is InChI=1S/C12H19N3O4S2/c1-8-5-3-4-6-9(8)14(2)21(18,19)11-7-10(15(16)17)12(13)20-11/h7-9H,3-6,13H2,1-2H3. The molecule has 0 aromatic carbocycles. The summed E-state index contributed by atoms with van der Waals surface area (Å²) in [7, 11) is -2.19. The number of nitrogens with zero attached hydrogens (tertiary/aromatic N) is 2. The first-order valence-electron chi connectivity index (χ1n) is 6.77. The summed E-state index contributed by atoms with van der Waals surface area (Å²) in [6.45, 7) is 2.04. The Labute approximate surface area is 127 Å². The van der Waals surface area contributed by atoms with Crippen LogP contribution in [-0.2, 0) is 10.0 Å². The molecule has 1 fully saturated rings. The summed E-state index contributed by atoms with van der Waals surface area (Å²) in [6.07, 6.45) is 3.93. The molecule has 1 aromatic heterocycles. The Morgan fingerprint density at radius 2 is 2.05 bits per heavy atom. The highest BCUT2D eigenvalue weighted by atomic mass is 32.2. The smallest absolute Gasteiger partial charge is 0.304 e. The molecule has 0 bridgehead atoms. The monoisotopic (exact) mass is 333 g/mol. The Balaban J connectivity index is 2.32. The van der Waals surface area contributed by atoms with E-state index < -0.39 is 14.9 Å². The van der Waals surface area contributed by atoms with E-state index in [0.29, 0.717) is 0 Å². The summed E-state index contributed by atoms with van der Waals surface area (Å²) in [5, 5.41) is 10.7.